The second kappa shape index (κ2) is 8.71. The Morgan fingerprint density at radius 3 is 2.52 bits per heavy atom. The number of hydrogen-bond donors (Lipinski definition) is 4. The number of furan rings is 1. The van der Waals surface area contributed by atoms with Gasteiger partial charge < -0.3 is 10.2 Å². The first-order chi connectivity index (χ1) is 10.8. The van der Waals surface area contributed by atoms with Crippen LogP contribution in [0.2, 0.25) is 0 Å². The fraction of sp³-hybridized carbons (Fsp3) is 0.214. The summed E-state index contributed by atoms with van der Waals surface area (Å²) in [6.45, 7) is 3.21. The molecule has 2 rings (SSSR count). The molecule has 0 saturated heterocycles. The molecule has 0 fully saturated rings. The molecule has 2 atom stereocenters. The van der Waals surface area contributed by atoms with Crippen LogP contribution in [0.15, 0.2) is 47.1 Å². The van der Waals surface area contributed by atoms with Gasteiger partial charge in [0.2, 0.25) is 0 Å². The molecule has 9 heteroatoms. The van der Waals surface area contributed by atoms with E-state index < -0.39 is 14.2 Å². The Kier molecular flexibility index (Phi) is 7.28. The quantitative estimate of drug-likeness (QED) is 0.350. The van der Waals surface area contributed by atoms with Crippen LogP contribution in [0.1, 0.15) is 25.6 Å². The molecule has 1 aromatic carbocycles. The minimum Gasteiger partial charge on any atom is -0.468 e. The third-order valence-electron chi connectivity index (χ3n) is 2.60. The van der Waals surface area contributed by atoms with Crippen molar-refractivity contribution in [1.29, 1.82) is 0 Å². The molecular weight excluding hydrogens is 367 g/mol. The van der Waals surface area contributed by atoms with E-state index in [1.54, 1.807) is 12.3 Å². The maximum atomic E-state index is 11.3. The molecule has 1 aromatic heterocycles. The van der Waals surface area contributed by atoms with Crippen LogP contribution in [0, 0.1) is 0 Å². The summed E-state index contributed by atoms with van der Waals surface area (Å²) < 4.78 is 28.9. The van der Waals surface area contributed by atoms with Crippen LogP contribution >= 0.6 is 0 Å². The zero-order valence-corrected chi connectivity index (χ0v) is 14.5. The van der Waals surface area contributed by atoms with Crippen molar-refractivity contribution in [2.75, 3.05) is 5.32 Å². The van der Waals surface area contributed by atoms with Crippen molar-refractivity contribution >= 4 is 30.1 Å². The Labute approximate surface area is 136 Å². The van der Waals surface area contributed by atoms with Crippen LogP contribution in [0.5, 0.6) is 0 Å². The Balaban J connectivity index is 0.000000277. The first kappa shape index (κ1) is 19.2. The van der Waals surface area contributed by atoms with E-state index in [-0.39, 0.29) is 16.3 Å². The third-order valence-corrected chi connectivity index (χ3v) is 5.01. The fourth-order valence-electron chi connectivity index (χ4n) is 1.56. The maximum Gasteiger partial charge on any atom is 0.120 e. The van der Waals surface area contributed by atoms with E-state index >= 15 is 0 Å². The van der Waals surface area contributed by atoms with Gasteiger partial charge in [0, 0.05) is 0 Å². The Hall–Kier alpha value is -1.83. The van der Waals surface area contributed by atoms with Gasteiger partial charge >= 0.3 is 88.4 Å². The van der Waals surface area contributed by atoms with Gasteiger partial charge in [-0.15, -0.1) is 0 Å². The van der Waals surface area contributed by atoms with E-state index in [9.17, 15) is 12.6 Å². The second-order valence-corrected chi connectivity index (χ2v) is 8.25. The van der Waals surface area contributed by atoms with Crippen LogP contribution in [0.25, 0.3) is 0 Å². The zero-order chi connectivity index (χ0) is 17.5. The SMILES string of the molecule is CC(=O)Nc1cccc([As](=O)(O)OO)c1.CC(N)c1ccco1. The number of benzene rings is 1. The normalized spacial score (nSPS) is 14.1. The van der Waals surface area contributed by atoms with Gasteiger partial charge in [0.25, 0.3) is 0 Å². The van der Waals surface area contributed by atoms with E-state index in [1.807, 2.05) is 19.1 Å². The number of carbonyl (C=O) groups excluding carboxylic acids is 1. The molecule has 8 nitrogen and oxygen atoms in total. The summed E-state index contributed by atoms with van der Waals surface area (Å²) in [5, 5.41) is 10.7. The molecule has 1 amide bonds. The van der Waals surface area contributed by atoms with Gasteiger partial charge in [-0.2, -0.15) is 0 Å². The second-order valence-electron chi connectivity index (χ2n) is 4.64. The third kappa shape index (κ3) is 6.43. The smallest absolute Gasteiger partial charge is 0.120 e. The van der Waals surface area contributed by atoms with Crippen LogP contribution in [-0.4, -0.2) is 29.4 Å². The molecule has 2 unspecified atom stereocenters. The van der Waals surface area contributed by atoms with Crippen LogP contribution < -0.4 is 15.4 Å². The van der Waals surface area contributed by atoms with Gasteiger partial charge in [0.1, 0.15) is 5.76 Å². The van der Waals surface area contributed by atoms with Crippen molar-refractivity contribution in [3.8, 4) is 0 Å². The summed E-state index contributed by atoms with van der Waals surface area (Å²) >= 11 is -4.83. The first-order valence-corrected chi connectivity index (χ1v) is 9.90. The van der Waals surface area contributed by atoms with E-state index in [0.717, 1.165) is 5.76 Å². The summed E-state index contributed by atoms with van der Waals surface area (Å²) in [6.07, 6.45) is 1.62. The summed E-state index contributed by atoms with van der Waals surface area (Å²) in [5.41, 5.74) is 5.83. The molecule has 0 aliphatic heterocycles. The standard InChI is InChI=1S/C8H10AsNO5.C6H9NO/c1-6(11)10-8-4-2-3-7(5-8)9(12,13)15-14;1-5(7)6-3-2-4-8-6/h2-5,14H,1H3,(H,10,11)(H,12,13);2-5H,7H2,1H3. The molecule has 0 saturated carbocycles. The van der Waals surface area contributed by atoms with Crippen LogP contribution in [0.4, 0.5) is 5.69 Å². The largest absolute Gasteiger partial charge is 0.468 e. The monoisotopic (exact) mass is 386 g/mol. The molecule has 0 radical (unpaired) electrons. The zero-order valence-electron chi connectivity index (χ0n) is 12.7. The van der Waals surface area contributed by atoms with Crippen LogP contribution in [-0.2, 0) is 12.4 Å². The average Bonchev–Trinajstić information content (AvgIpc) is 3.02. The summed E-state index contributed by atoms with van der Waals surface area (Å²) in [5.74, 6) is 0.544. The van der Waals surface area contributed by atoms with E-state index in [1.165, 1.54) is 25.1 Å². The predicted octanol–water partition coefficient (Wildman–Crippen LogP) is 1.00. The molecule has 2 aromatic rings. The van der Waals surface area contributed by atoms with Crippen molar-refractivity contribution in [3.05, 3.63) is 48.4 Å². The molecule has 0 aliphatic carbocycles. The number of hydrogen-bond acceptors (Lipinski definition) is 6. The Morgan fingerprint density at radius 1 is 1.39 bits per heavy atom. The predicted molar refractivity (Wildman–Crippen MR) is 84.1 cm³/mol. The number of anilines is 1. The van der Waals surface area contributed by atoms with Crippen molar-refractivity contribution < 1.29 is 26.2 Å². The maximum absolute atomic E-state index is 11.3. The number of carbonyl (C=O) groups is 1. The van der Waals surface area contributed by atoms with Gasteiger partial charge in [0.05, 0.1) is 12.3 Å². The molecule has 1 heterocycles. The number of nitrogens with two attached hydrogens (primary N) is 1. The van der Waals surface area contributed by atoms with Crippen molar-refractivity contribution in [2.45, 2.75) is 19.9 Å². The van der Waals surface area contributed by atoms with Gasteiger partial charge in [-0.05, 0) is 19.1 Å². The minimum atomic E-state index is -4.83. The number of amides is 1. The Bertz CT molecular complexity index is 672. The first-order valence-electron chi connectivity index (χ1n) is 6.59. The summed E-state index contributed by atoms with van der Waals surface area (Å²) in [7, 11) is 0. The van der Waals surface area contributed by atoms with Gasteiger partial charge in [0.15, 0.2) is 0 Å². The molecule has 0 bridgehead atoms. The van der Waals surface area contributed by atoms with E-state index in [4.69, 9.17) is 15.4 Å². The fourth-order valence-corrected chi connectivity index (χ4v) is 2.97. The molecule has 23 heavy (non-hydrogen) atoms. The molecule has 0 spiro atoms. The topological polar surface area (TPSA) is 135 Å². The van der Waals surface area contributed by atoms with E-state index in [2.05, 4.69) is 9.19 Å². The summed E-state index contributed by atoms with van der Waals surface area (Å²) in [4.78, 5) is 10.7. The molecule has 0 aliphatic rings. The molecule has 126 valence electrons. The molecular formula is C14H19AsN2O6. The van der Waals surface area contributed by atoms with Crippen LogP contribution in [0.3, 0.4) is 0 Å². The number of nitrogens with one attached hydrogen (secondary N) is 1. The number of rotatable bonds is 4. The average molecular weight is 386 g/mol. The van der Waals surface area contributed by atoms with Gasteiger partial charge in [-0.3, -0.25) is 0 Å². The minimum absolute atomic E-state index is 0.0185. The summed E-state index contributed by atoms with van der Waals surface area (Å²) in [6, 6.07) is 9.36. The van der Waals surface area contributed by atoms with E-state index in [0.29, 0.717) is 5.69 Å². The van der Waals surface area contributed by atoms with Crippen molar-refractivity contribution in [1.82, 2.24) is 0 Å². The van der Waals surface area contributed by atoms with Crippen molar-refractivity contribution in [2.24, 2.45) is 5.73 Å². The van der Waals surface area contributed by atoms with Gasteiger partial charge in [-0.1, -0.05) is 0 Å². The van der Waals surface area contributed by atoms with Gasteiger partial charge in [-0.25, -0.2) is 0 Å². The Morgan fingerprint density at radius 2 is 2.09 bits per heavy atom. The van der Waals surface area contributed by atoms with Crippen molar-refractivity contribution in [3.63, 3.8) is 0 Å². The molecule has 5 N–H and O–H groups in total.